The van der Waals surface area contributed by atoms with Gasteiger partial charge in [-0.2, -0.15) is 0 Å². The molecule has 2 rings (SSSR count). The van der Waals surface area contributed by atoms with Gasteiger partial charge in [-0.05, 0) is 11.6 Å². The van der Waals surface area contributed by atoms with Gasteiger partial charge in [0.15, 0.2) is 0 Å². The van der Waals surface area contributed by atoms with Crippen molar-refractivity contribution in [2.75, 3.05) is 26.2 Å². The fourth-order valence-electron chi connectivity index (χ4n) is 1.78. The molecular formula is C11H16Cl4N2. The van der Waals surface area contributed by atoms with Crippen molar-refractivity contribution in [3.63, 3.8) is 0 Å². The largest absolute Gasteiger partial charge is 0.314 e. The lowest BCUT2D eigenvalue weighted by molar-refractivity contribution is 0.233. The molecule has 0 aromatic heterocycles. The molecule has 0 bridgehead atoms. The van der Waals surface area contributed by atoms with E-state index in [1.54, 1.807) is 0 Å². The molecule has 1 aliphatic rings. The van der Waals surface area contributed by atoms with Crippen LogP contribution in [-0.2, 0) is 6.54 Å². The van der Waals surface area contributed by atoms with Crippen LogP contribution in [0.2, 0.25) is 10.0 Å². The zero-order chi connectivity index (χ0) is 10.7. The minimum Gasteiger partial charge on any atom is -0.314 e. The zero-order valence-electron chi connectivity index (χ0n) is 9.29. The normalized spacial score (nSPS) is 15.9. The first-order chi connectivity index (χ1) is 7.27. The number of nitrogens with zero attached hydrogens (tertiary/aromatic N) is 1. The predicted octanol–water partition coefficient (Wildman–Crippen LogP) is 3.24. The summed E-state index contributed by atoms with van der Waals surface area (Å²) in [4.78, 5) is 2.38. The van der Waals surface area contributed by atoms with Gasteiger partial charge in [0.2, 0.25) is 0 Å². The van der Waals surface area contributed by atoms with Gasteiger partial charge in [0.25, 0.3) is 0 Å². The Kier molecular flexibility index (Phi) is 8.56. The van der Waals surface area contributed by atoms with Crippen LogP contribution >= 0.6 is 48.0 Å². The topological polar surface area (TPSA) is 15.3 Å². The molecule has 0 unspecified atom stereocenters. The third-order valence-electron chi connectivity index (χ3n) is 2.64. The molecule has 1 fully saturated rings. The second-order valence-electron chi connectivity index (χ2n) is 3.74. The highest BCUT2D eigenvalue weighted by molar-refractivity contribution is 6.42. The smallest absolute Gasteiger partial charge is 0.0637 e. The van der Waals surface area contributed by atoms with Crippen LogP contribution in [0.4, 0.5) is 0 Å². The van der Waals surface area contributed by atoms with E-state index in [-0.39, 0.29) is 24.8 Å². The number of hydrogen-bond acceptors (Lipinski definition) is 2. The average molecular weight is 318 g/mol. The van der Waals surface area contributed by atoms with Crippen molar-refractivity contribution >= 4 is 48.0 Å². The Balaban J connectivity index is 0.00000128. The molecule has 0 radical (unpaired) electrons. The number of halogens is 4. The van der Waals surface area contributed by atoms with Gasteiger partial charge >= 0.3 is 0 Å². The molecular weight excluding hydrogens is 302 g/mol. The summed E-state index contributed by atoms with van der Waals surface area (Å²) < 4.78 is 0. The Morgan fingerprint density at radius 2 is 1.76 bits per heavy atom. The number of hydrogen-bond donors (Lipinski definition) is 1. The van der Waals surface area contributed by atoms with E-state index in [1.165, 1.54) is 0 Å². The second-order valence-corrected chi connectivity index (χ2v) is 4.52. The van der Waals surface area contributed by atoms with Gasteiger partial charge in [0.05, 0.1) is 10.0 Å². The highest BCUT2D eigenvalue weighted by atomic mass is 35.5. The van der Waals surface area contributed by atoms with E-state index >= 15 is 0 Å². The first-order valence-electron chi connectivity index (χ1n) is 5.13. The average Bonchev–Trinajstić information content (AvgIpc) is 2.26. The monoisotopic (exact) mass is 316 g/mol. The van der Waals surface area contributed by atoms with Gasteiger partial charge in [-0.25, -0.2) is 0 Å². The SMILES string of the molecule is Cl.Cl.Clc1cccc(CN2CCNCC2)c1Cl. The summed E-state index contributed by atoms with van der Waals surface area (Å²) in [7, 11) is 0. The van der Waals surface area contributed by atoms with Crippen LogP contribution in [0, 0.1) is 0 Å². The molecule has 0 atom stereocenters. The van der Waals surface area contributed by atoms with Crippen LogP contribution in [0.5, 0.6) is 0 Å². The number of benzene rings is 1. The number of rotatable bonds is 2. The van der Waals surface area contributed by atoms with Crippen molar-refractivity contribution < 1.29 is 0 Å². The summed E-state index contributed by atoms with van der Waals surface area (Å²) in [6, 6.07) is 5.81. The van der Waals surface area contributed by atoms with Gasteiger partial charge in [0, 0.05) is 32.7 Å². The molecule has 1 N–H and O–H groups in total. The van der Waals surface area contributed by atoms with E-state index in [1.807, 2.05) is 18.2 Å². The van der Waals surface area contributed by atoms with E-state index < -0.39 is 0 Å². The van der Waals surface area contributed by atoms with Crippen molar-refractivity contribution in [2.24, 2.45) is 0 Å². The molecule has 1 heterocycles. The van der Waals surface area contributed by atoms with Gasteiger partial charge < -0.3 is 5.32 Å². The lowest BCUT2D eigenvalue weighted by Gasteiger charge is -2.27. The van der Waals surface area contributed by atoms with Crippen molar-refractivity contribution in [1.82, 2.24) is 10.2 Å². The summed E-state index contributed by atoms with van der Waals surface area (Å²) in [5.74, 6) is 0. The van der Waals surface area contributed by atoms with Crippen molar-refractivity contribution in [1.29, 1.82) is 0 Å². The summed E-state index contributed by atoms with van der Waals surface area (Å²) in [6.07, 6.45) is 0. The molecule has 0 saturated carbocycles. The van der Waals surface area contributed by atoms with Crippen LogP contribution < -0.4 is 5.32 Å². The maximum Gasteiger partial charge on any atom is 0.0637 e. The van der Waals surface area contributed by atoms with Crippen LogP contribution in [0.15, 0.2) is 18.2 Å². The van der Waals surface area contributed by atoms with Gasteiger partial charge in [0.1, 0.15) is 0 Å². The van der Waals surface area contributed by atoms with Gasteiger partial charge in [-0.1, -0.05) is 35.3 Å². The van der Waals surface area contributed by atoms with E-state index in [2.05, 4.69) is 10.2 Å². The second kappa shape index (κ2) is 8.41. The first kappa shape index (κ1) is 17.3. The van der Waals surface area contributed by atoms with Crippen LogP contribution in [0.1, 0.15) is 5.56 Å². The minimum atomic E-state index is 0. The Bertz CT molecular complexity index is 340. The van der Waals surface area contributed by atoms with E-state index in [0.29, 0.717) is 10.0 Å². The van der Waals surface area contributed by atoms with Gasteiger partial charge in [-0.3, -0.25) is 4.90 Å². The molecule has 2 nitrogen and oxygen atoms in total. The summed E-state index contributed by atoms with van der Waals surface area (Å²) in [5, 5.41) is 4.66. The summed E-state index contributed by atoms with van der Waals surface area (Å²) in [5.41, 5.74) is 1.12. The van der Waals surface area contributed by atoms with Crippen molar-refractivity contribution in [3.05, 3.63) is 33.8 Å². The van der Waals surface area contributed by atoms with E-state index in [9.17, 15) is 0 Å². The molecule has 0 amide bonds. The predicted molar refractivity (Wildman–Crippen MR) is 79.1 cm³/mol. The molecule has 1 aromatic rings. The molecule has 0 spiro atoms. The maximum absolute atomic E-state index is 6.14. The molecule has 98 valence electrons. The molecule has 0 aliphatic carbocycles. The van der Waals surface area contributed by atoms with Crippen molar-refractivity contribution in [3.8, 4) is 0 Å². The third kappa shape index (κ3) is 4.82. The van der Waals surface area contributed by atoms with Crippen molar-refractivity contribution in [2.45, 2.75) is 6.54 Å². The fourth-order valence-corrected chi connectivity index (χ4v) is 2.16. The van der Waals surface area contributed by atoms with Crippen LogP contribution in [-0.4, -0.2) is 31.1 Å². The molecule has 17 heavy (non-hydrogen) atoms. The molecule has 1 aromatic carbocycles. The Morgan fingerprint density at radius 1 is 1.12 bits per heavy atom. The lowest BCUT2D eigenvalue weighted by Crippen LogP contribution is -2.42. The molecule has 1 aliphatic heterocycles. The summed E-state index contributed by atoms with van der Waals surface area (Å²) in [6.45, 7) is 5.14. The van der Waals surface area contributed by atoms with E-state index in [0.717, 1.165) is 38.3 Å². The Hall–Kier alpha value is 0.300. The van der Waals surface area contributed by atoms with Crippen LogP contribution in [0.25, 0.3) is 0 Å². The standard InChI is InChI=1S/C11H14Cl2N2.2ClH/c12-10-3-1-2-9(11(10)13)8-15-6-4-14-5-7-15;;/h1-3,14H,4-8H2;2*1H. The third-order valence-corrected chi connectivity index (χ3v) is 3.49. The highest BCUT2D eigenvalue weighted by Gasteiger charge is 2.12. The molecule has 6 heteroatoms. The number of nitrogens with one attached hydrogen (secondary N) is 1. The van der Waals surface area contributed by atoms with Gasteiger partial charge in [-0.15, -0.1) is 24.8 Å². The zero-order valence-corrected chi connectivity index (χ0v) is 12.4. The van der Waals surface area contributed by atoms with Crippen LogP contribution in [0.3, 0.4) is 0 Å². The maximum atomic E-state index is 6.14. The minimum absolute atomic E-state index is 0. The highest BCUT2D eigenvalue weighted by Crippen LogP contribution is 2.26. The lowest BCUT2D eigenvalue weighted by atomic mass is 10.2. The number of piperazine rings is 1. The van der Waals surface area contributed by atoms with E-state index in [4.69, 9.17) is 23.2 Å². The first-order valence-corrected chi connectivity index (χ1v) is 5.89. The fraction of sp³-hybridized carbons (Fsp3) is 0.455. The summed E-state index contributed by atoms with van der Waals surface area (Å²) >= 11 is 12.1. The molecule has 1 saturated heterocycles. The Labute approximate surface area is 124 Å². The Morgan fingerprint density at radius 3 is 2.41 bits per heavy atom. The quantitative estimate of drug-likeness (QED) is 0.901.